The third kappa shape index (κ3) is 7.63. The van der Waals surface area contributed by atoms with Crippen molar-refractivity contribution in [3.05, 3.63) is 54.2 Å². The number of rotatable bonds is 13. The van der Waals surface area contributed by atoms with Gasteiger partial charge in [0.05, 0.1) is 25.3 Å². The second-order valence-corrected chi connectivity index (χ2v) is 8.29. The van der Waals surface area contributed by atoms with Gasteiger partial charge >= 0.3 is 11.9 Å². The average molecular weight is 514 g/mol. The molecule has 0 spiro atoms. The summed E-state index contributed by atoms with van der Waals surface area (Å²) in [6.07, 6.45) is 3.81. The number of hydrogen-bond acceptors (Lipinski definition) is 7. The Bertz CT molecular complexity index is 1270. The molecule has 0 aliphatic rings. The molecule has 3 atom stereocenters. The molecule has 14 heteroatoms. The van der Waals surface area contributed by atoms with Crippen molar-refractivity contribution in [3.8, 4) is 0 Å². The Morgan fingerprint density at radius 1 is 0.973 bits per heavy atom. The Morgan fingerprint density at radius 3 is 2.41 bits per heavy atom. The maximum absolute atomic E-state index is 13.0. The molecule has 0 fully saturated rings. The first-order valence-corrected chi connectivity index (χ1v) is 11.2. The Balaban J connectivity index is 1.67. The Morgan fingerprint density at radius 2 is 1.73 bits per heavy atom. The standard InChI is InChI=1S/C23H27N7O7/c24-15(7-20(32)33)21(34)30-17(5-12-8-26-16-4-2-1-3-14(12)16)22(35)27-10-19(31)29-18(23(36)37)6-13-9-25-11-28-13/h1-4,8-9,11,15,17-18,26H,5-7,10,24H2,(H,25,28)(H,27,35)(H,29,31)(H,30,34)(H,32,33)(H,36,37). The van der Waals surface area contributed by atoms with Crippen LogP contribution in [0.4, 0.5) is 0 Å². The zero-order valence-electron chi connectivity index (χ0n) is 19.6. The van der Waals surface area contributed by atoms with Crippen LogP contribution in [-0.4, -0.2) is 79.5 Å². The van der Waals surface area contributed by atoms with Gasteiger partial charge in [0.2, 0.25) is 17.7 Å². The maximum atomic E-state index is 13.0. The van der Waals surface area contributed by atoms with Gasteiger partial charge < -0.3 is 41.9 Å². The molecule has 0 aliphatic heterocycles. The van der Waals surface area contributed by atoms with Gasteiger partial charge in [-0.05, 0) is 11.6 Å². The van der Waals surface area contributed by atoms with E-state index in [9.17, 15) is 29.1 Å². The maximum Gasteiger partial charge on any atom is 0.326 e. The number of carboxylic acids is 2. The predicted octanol–water partition coefficient (Wildman–Crippen LogP) is -1.35. The lowest BCUT2D eigenvalue weighted by Crippen LogP contribution is -2.54. The van der Waals surface area contributed by atoms with E-state index in [1.807, 2.05) is 24.3 Å². The monoisotopic (exact) mass is 513 g/mol. The molecule has 3 rings (SSSR count). The van der Waals surface area contributed by atoms with E-state index in [0.717, 1.165) is 10.9 Å². The highest BCUT2D eigenvalue weighted by atomic mass is 16.4. The molecule has 3 aromatic rings. The van der Waals surface area contributed by atoms with Crippen molar-refractivity contribution in [2.24, 2.45) is 5.73 Å². The molecule has 1 aromatic carbocycles. The zero-order valence-corrected chi connectivity index (χ0v) is 19.6. The van der Waals surface area contributed by atoms with Gasteiger partial charge in [-0.25, -0.2) is 9.78 Å². The number of amides is 3. The van der Waals surface area contributed by atoms with E-state index in [-0.39, 0.29) is 12.8 Å². The van der Waals surface area contributed by atoms with Crippen molar-refractivity contribution in [1.82, 2.24) is 30.9 Å². The third-order valence-corrected chi connectivity index (χ3v) is 5.50. The summed E-state index contributed by atoms with van der Waals surface area (Å²) in [4.78, 5) is 69.8. The van der Waals surface area contributed by atoms with Crippen LogP contribution in [0.15, 0.2) is 43.0 Å². The number of nitrogens with two attached hydrogens (primary N) is 1. The van der Waals surface area contributed by atoms with Gasteiger partial charge in [-0.15, -0.1) is 0 Å². The highest BCUT2D eigenvalue weighted by molar-refractivity contribution is 5.94. The van der Waals surface area contributed by atoms with Crippen LogP contribution in [0.3, 0.4) is 0 Å². The smallest absolute Gasteiger partial charge is 0.326 e. The SMILES string of the molecule is NC(CC(=O)O)C(=O)NC(Cc1c[nH]c2ccccc12)C(=O)NCC(=O)NC(Cc1cnc[nH]1)C(=O)O. The van der Waals surface area contributed by atoms with Crippen LogP contribution in [-0.2, 0) is 36.8 Å². The lowest BCUT2D eigenvalue weighted by Gasteiger charge is -2.20. The Hall–Kier alpha value is -4.72. The van der Waals surface area contributed by atoms with Crippen molar-refractivity contribution in [3.63, 3.8) is 0 Å². The fraction of sp³-hybridized carbons (Fsp3) is 0.304. The number of carboxylic acid groups (broad SMARTS) is 2. The van der Waals surface area contributed by atoms with Crippen molar-refractivity contribution in [1.29, 1.82) is 0 Å². The van der Waals surface area contributed by atoms with Crippen molar-refractivity contribution >= 4 is 40.6 Å². The summed E-state index contributed by atoms with van der Waals surface area (Å²) in [7, 11) is 0. The van der Waals surface area contributed by atoms with E-state index in [1.54, 1.807) is 6.20 Å². The fourth-order valence-corrected chi connectivity index (χ4v) is 3.64. The number of aromatic amines is 2. The number of aromatic nitrogens is 3. The summed E-state index contributed by atoms with van der Waals surface area (Å²) in [6.45, 7) is -0.562. The van der Waals surface area contributed by atoms with Gasteiger partial charge in [-0.1, -0.05) is 18.2 Å². The molecule has 37 heavy (non-hydrogen) atoms. The van der Waals surface area contributed by atoms with Gasteiger partial charge in [0.15, 0.2) is 0 Å². The van der Waals surface area contributed by atoms with Crippen LogP contribution in [0.5, 0.6) is 0 Å². The van der Waals surface area contributed by atoms with Crippen LogP contribution in [0.1, 0.15) is 17.7 Å². The normalized spacial score (nSPS) is 13.3. The molecule has 2 aromatic heterocycles. The lowest BCUT2D eigenvalue weighted by atomic mass is 10.0. The van der Waals surface area contributed by atoms with E-state index < -0.39 is 60.8 Å². The first-order chi connectivity index (χ1) is 17.6. The number of aliphatic carboxylic acids is 2. The molecular weight excluding hydrogens is 486 g/mol. The number of benzene rings is 1. The van der Waals surface area contributed by atoms with Gasteiger partial charge in [0.25, 0.3) is 0 Å². The summed E-state index contributed by atoms with van der Waals surface area (Å²) in [6, 6.07) is 3.45. The highest BCUT2D eigenvalue weighted by Crippen LogP contribution is 2.19. The van der Waals surface area contributed by atoms with Crippen molar-refractivity contribution < 1.29 is 34.2 Å². The van der Waals surface area contributed by atoms with Crippen LogP contribution in [0.2, 0.25) is 0 Å². The molecule has 2 heterocycles. The molecule has 0 radical (unpaired) electrons. The van der Waals surface area contributed by atoms with Crippen LogP contribution in [0, 0.1) is 0 Å². The van der Waals surface area contributed by atoms with Gasteiger partial charge in [0.1, 0.15) is 12.1 Å². The second-order valence-electron chi connectivity index (χ2n) is 8.29. The van der Waals surface area contributed by atoms with E-state index in [1.165, 1.54) is 12.5 Å². The molecule has 9 N–H and O–H groups in total. The van der Waals surface area contributed by atoms with Gasteiger partial charge in [-0.3, -0.25) is 19.2 Å². The number of H-pyrrole nitrogens is 2. The number of imidazole rings is 1. The topological polar surface area (TPSA) is 232 Å². The molecule has 0 saturated carbocycles. The van der Waals surface area contributed by atoms with E-state index in [4.69, 9.17) is 10.8 Å². The Kier molecular flexibility index (Phi) is 8.94. The molecule has 3 unspecified atom stereocenters. The quantitative estimate of drug-likeness (QED) is 0.135. The summed E-state index contributed by atoms with van der Waals surface area (Å²) in [5.41, 5.74) is 7.63. The van der Waals surface area contributed by atoms with E-state index in [0.29, 0.717) is 11.3 Å². The van der Waals surface area contributed by atoms with Crippen LogP contribution < -0.4 is 21.7 Å². The summed E-state index contributed by atoms with van der Waals surface area (Å²) in [5.74, 6) is -4.90. The molecular formula is C23H27N7O7. The lowest BCUT2D eigenvalue weighted by molar-refractivity contribution is -0.141. The number of nitrogens with one attached hydrogen (secondary N) is 5. The van der Waals surface area contributed by atoms with Gasteiger partial charge in [0, 0.05) is 41.8 Å². The minimum Gasteiger partial charge on any atom is -0.481 e. The number of carbonyl (C=O) groups excluding carboxylic acids is 3. The number of para-hydroxylation sites is 1. The number of fused-ring (bicyclic) bond motifs is 1. The van der Waals surface area contributed by atoms with Crippen LogP contribution in [0.25, 0.3) is 10.9 Å². The summed E-state index contributed by atoms with van der Waals surface area (Å²) < 4.78 is 0. The average Bonchev–Trinajstić information content (AvgIpc) is 3.51. The number of nitrogens with zero attached hydrogens (tertiary/aromatic N) is 1. The molecule has 0 bridgehead atoms. The van der Waals surface area contributed by atoms with Crippen molar-refractivity contribution in [2.45, 2.75) is 37.4 Å². The third-order valence-electron chi connectivity index (χ3n) is 5.50. The zero-order chi connectivity index (χ0) is 26.9. The molecule has 0 aliphatic carbocycles. The second kappa shape index (κ2) is 12.3. The largest absolute Gasteiger partial charge is 0.481 e. The molecule has 14 nitrogen and oxygen atoms in total. The summed E-state index contributed by atoms with van der Waals surface area (Å²) in [5, 5.41) is 26.3. The first-order valence-electron chi connectivity index (χ1n) is 11.2. The van der Waals surface area contributed by atoms with E-state index in [2.05, 4.69) is 30.9 Å². The summed E-state index contributed by atoms with van der Waals surface area (Å²) >= 11 is 0. The van der Waals surface area contributed by atoms with Crippen LogP contribution >= 0.6 is 0 Å². The van der Waals surface area contributed by atoms with Gasteiger partial charge in [-0.2, -0.15) is 0 Å². The fourth-order valence-electron chi connectivity index (χ4n) is 3.64. The minimum absolute atomic E-state index is 0.0145. The minimum atomic E-state index is -1.39. The first kappa shape index (κ1) is 26.9. The molecule has 3 amide bonds. The Labute approximate surface area is 210 Å². The van der Waals surface area contributed by atoms with E-state index >= 15 is 0 Å². The predicted molar refractivity (Wildman–Crippen MR) is 129 cm³/mol. The molecule has 196 valence electrons. The molecule has 0 saturated heterocycles. The number of carbonyl (C=O) groups is 5. The van der Waals surface area contributed by atoms with Crippen molar-refractivity contribution in [2.75, 3.05) is 6.54 Å². The number of hydrogen-bond donors (Lipinski definition) is 8. The highest BCUT2D eigenvalue weighted by Gasteiger charge is 2.27.